The Morgan fingerprint density at radius 2 is 2.22 bits per heavy atom. The van der Waals surface area contributed by atoms with E-state index in [9.17, 15) is 4.79 Å². The number of nitrogens with one attached hydrogen (secondary N) is 2. The maximum absolute atomic E-state index is 12.3. The molecular weight excluding hydrogens is 473 g/mol. The number of likely N-dealkylation sites (tertiary alicyclic amines) is 1. The van der Waals surface area contributed by atoms with Crippen molar-refractivity contribution in [1.29, 1.82) is 0 Å². The zero-order valence-corrected chi connectivity index (χ0v) is 20.1. The molecule has 0 bridgehead atoms. The molecule has 0 spiro atoms. The van der Waals surface area contributed by atoms with Crippen LogP contribution in [0.5, 0.6) is 0 Å². The summed E-state index contributed by atoms with van der Waals surface area (Å²) in [5.74, 6) is 2.04. The number of hydrogen-bond donors (Lipinski definition) is 2. The van der Waals surface area contributed by atoms with Gasteiger partial charge in [-0.1, -0.05) is 20.8 Å². The van der Waals surface area contributed by atoms with E-state index >= 15 is 0 Å². The van der Waals surface area contributed by atoms with Gasteiger partial charge in [0.2, 0.25) is 5.91 Å². The van der Waals surface area contributed by atoms with E-state index in [0.717, 1.165) is 42.7 Å². The first-order chi connectivity index (χ1) is 12.5. The number of guanidine groups is 1. The second-order valence-electron chi connectivity index (χ2n) is 7.28. The van der Waals surface area contributed by atoms with Crippen LogP contribution in [0.25, 0.3) is 0 Å². The molecule has 1 amide bonds. The third-order valence-electron chi connectivity index (χ3n) is 4.52. The molecule has 6 nitrogen and oxygen atoms in total. The van der Waals surface area contributed by atoms with Crippen molar-refractivity contribution in [3.63, 3.8) is 0 Å². The molecule has 1 aliphatic heterocycles. The summed E-state index contributed by atoms with van der Waals surface area (Å²) >= 11 is 1.65. The van der Waals surface area contributed by atoms with Gasteiger partial charge < -0.3 is 15.5 Å². The van der Waals surface area contributed by atoms with Gasteiger partial charge in [0, 0.05) is 38.0 Å². The van der Waals surface area contributed by atoms with Crippen LogP contribution in [-0.4, -0.2) is 47.9 Å². The Kier molecular flexibility index (Phi) is 11.2. The molecule has 154 valence electrons. The molecule has 1 unspecified atom stereocenters. The topological polar surface area (TPSA) is 69.6 Å². The SMILES string of the molecule is CCNC(=NCc1nc(C(C)C)cs1)NCCC(=O)N1CCCC(C)C1.I. The second kappa shape index (κ2) is 12.5. The average molecular weight is 507 g/mol. The van der Waals surface area contributed by atoms with E-state index in [1.165, 1.54) is 6.42 Å². The minimum Gasteiger partial charge on any atom is -0.357 e. The van der Waals surface area contributed by atoms with Gasteiger partial charge in [-0.25, -0.2) is 9.98 Å². The Labute approximate surface area is 184 Å². The summed E-state index contributed by atoms with van der Waals surface area (Å²) in [5.41, 5.74) is 1.12. The van der Waals surface area contributed by atoms with Gasteiger partial charge >= 0.3 is 0 Å². The molecule has 27 heavy (non-hydrogen) atoms. The van der Waals surface area contributed by atoms with Crippen LogP contribution in [0.1, 0.15) is 63.6 Å². The van der Waals surface area contributed by atoms with E-state index in [1.807, 2.05) is 11.8 Å². The molecule has 0 saturated carbocycles. The first-order valence-electron chi connectivity index (χ1n) is 9.73. The number of thiazole rings is 1. The first kappa shape index (κ1) is 24.1. The van der Waals surface area contributed by atoms with E-state index in [4.69, 9.17) is 0 Å². The smallest absolute Gasteiger partial charge is 0.224 e. The number of carbonyl (C=O) groups is 1. The van der Waals surface area contributed by atoms with E-state index in [-0.39, 0.29) is 29.9 Å². The van der Waals surface area contributed by atoms with Gasteiger partial charge in [0.05, 0.1) is 12.2 Å². The molecule has 1 atom stereocenters. The molecule has 8 heteroatoms. The molecule has 2 heterocycles. The largest absolute Gasteiger partial charge is 0.357 e. The lowest BCUT2D eigenvalue weighted by Crippen LogP contribution is -2.42. The van der Waals surface area contributed by atoms with Gasteiger partial charge in [-0.3, -0.25) is 4.79 Å². The first-order valence-corrected chi connectivity index (χ1v) is 10.6. The van der Waals surface area contributed by atoms with Gasteiger partial charge in [-0.2, -0.15) is 0 Å². The fraction of sp³-hybridized carbons (Fsp3) is 0.737. The van der Waals surface area contributed by atoms with Crippen LogP contribution < -0.4 is 10.6 Å². The lowest BCUT2D eigenvalue weighted by molar-refractivity contribution is -0.132. The number of hydrogen-bond acceptors (Lipinski definition) is 4. The van der Waals surface area contributed by atoms with Gasteiger partial charge in [-0.05, 0) is 31.6 Å². The number of halogens is 1. The minimum absolute atomic E-state index is 0. The van der Waals surface area contributed by atoms with Crippen molar-refractivity contribution in [2.75, 3.05) is 26.2 Å². The Hall–Kier alpha value is -0.900. The Morgan fingerprint density at radius 3 is 2.85 bits per heavy atom. The van der Waals surface area contributed by atoms with Crippen molar-refractivity contribution in [3.8, 4) is 0 Å². The number of aliphatic imine (C=N–C) groups is 1. The normalized spacial score (nSPS) is 17.6. The highest BCUT2D eigenvalue weighted by Gasteiger charge is 2.20. The fourth-order valence-electron chi connectivity index (χ4n) is 3.01. The Bertz CT molecular complexity index is 605. The molecule has 2 N–H and O–H groups in total. The summed E-state index contributed by atoms with van der Waals surface area (Å²) in [4.78, 5) is 23.6. The number of aromatic nitrogens is 1. The fourth-order valence-corrected chi connectivity index (χ4v) is 3.89. The molecule has 1 aromatic rings. The molecule has 1 aromatic heterocycles. The number of rotatable bonds is 7. The average Bonchev–Trinajstić information content (AvgIpc) is 3.09. The number of carbonyl (C=O) groups excluding carboxylic acids is 1. The van der Waals surface area contributed by atoms with Crippen molar-refractivity contribution >= 4 is 47.2 Å². The summed E-state index contributed by atoms with van der Waals surface area (Å²) < 4.78 is 0. The van der Waals surface area contributed by atoms with Crippen molar-refractivity contribution in [1.82, 2.24) is 20.5 Å². The van der Waals surface area contributed by atoms with E-state index in [2.05, 4.69) is 46.8 Å². The van der Waals surface area contributed by atoms with Crippen LogP contribution in [0.3, 0.4) is 0 Å². The summed E-state index contributed by atoms with van der Waals surface area (Å²) in [6.07, 6.45) is 2.86. The third kappa shape index (κ3) is 8.33. The molecule has 1 fully saturated rings. The summed E-state index contributed by atoms with van der Waals surface area (Å²) in [6.45, 7) is 12.3. The predicted octanol–water partition coefficient (Wildman–Crippen LogP) is 3.59. The van der Waals surface area contributed by atoms with E-state index < -0.39 is 0 Å². The second-order valence-corrected chi connectivity index (χ2v) is 8.22. The molecule has 1 saturated heterocycles. The molecular formula is C19H34IN5OS. The van der Waals surface area contributed by atoms with Crippen LogP contribution in [0, 0.1) is 5.92 Å². The van der Waals surface area contributed by atoms with Crippen LogP contribution in [0.4, 0.5) is 0 Å². The van der Waals surface area contributed by atoms with Gasteiger partial charge in [0.1, 0.15) is 5.01 Å². The van der Waals surface area contributed by atoms with Crippen molar-refractivity contribution in [2.24, 2.45) is 10.9 Å². The van der Waals surface area contributed by atoms with E-state index in [1.54, 1.807) is 11.3 Å². The van der Waals surface area contributed by atoms with E-state index in [0.29, 0.717) is 31.3 Å². The lowest BCUT2D eigenvalue weighted by atomic mass is 10.00. The highest BCUT2D eigenvalue weighted by Crippen LogP contribution is 2.18. The molecule has 0 aliphatic carbocycles. The minimum atomic E-state index is 0. The zero-order valence-electron chi connectivity index (χ0n) is 17.0. The van der Waals surface area contributed by atoms with Crippen LogP contribution in [-0.2, 0) is 11.3 Å². The van der Waals surface area contributed by atoms with Crippen molar-refractivity contribution in [3.05, 3.63) is 16.1 Å². The molecule has 2 rings (SSSR count). The number of nitrogens with zero attached hydrogens (tertiary/aromatic N) is 3. The quantitative estimate of drug-likeness (QED) is 0.336. The zero-order chi connectivity index (χ0) is 18.9. The number of amides is 1. The summed E-state index contributed by atoms with van der Waals surface area (Å²) in [7, 11) is 0. The standard InChI is InChI=1S/C19H33N5OS.HI/c1-5-20-19(22-11-17-23-16(13-26-17)14(2)3)21-9-8-18(25)24-10-6-7-15(4)12-24;/h13-15H,5-12H2,1-4H3,(H2,20,21,22);1H. The molecule has 0 radical (unpaired) electrons. The van der Waals surface area contributed by atoms with Gasteiger partial charge in [-0.15, -0.1) is 35.3 Å². The summed E-state index contributed by atoms with van der Waals surface area (Å²) in [5, 5.41) is 9.63. The molecule has 0 aromatic carbocycles. The lowest BCUT2D eigenvalue weighted by Gasteiger charge is -2.31. The van der Waals surface area contributed by atoms with Crippen molar-refractivity contribution < 1.29 is 4.79 Å². The monoisotopic (exact) mass is 507 g/mol. The molecule has 1 aliphatic rings. The van der Waals surface area contributed by atoms with Crippen LogP contribution in [0.15, 0.2) is 10.4 Å². The third-order valence-corrected chi connectivity index (χ3v) is 5.37. The van der Waals surface area contributed by atoms with Crippen LogP contribution >= 0.6 is 35.3 Å². The van der Waals surface area contributed by atoms with Gasteiger partial charge in [0.25, 0.3) is 0 Å². The summed E-state index contributed by atoms with van der Waals surface area (Å²) in [6, 6.07) is 0. The Morgan fingerprint density at radius 1 is 1.44 bits per heavy atom. The maximum Gasteiger partial charge on any atom is 0.224 e. The van der Waals surface area contributed by atoms with Crippen molar-refractivity contribution in [2.45, 2.75) is 59.4 Å². The highest BCUT2D eigenvalue weighted by molar-refractivity contribution is 14.0. The number of piperidine rings is 1. The predicted molar refractivity (Wildman–Crippen MR) is 124 cm³/mol. The van der Waals surface area contributed by atoms with Gasteiger partial charge in [0.15, 0.2) is 5.96 Å². The Balaban J connectivity index is 0.00000364. The maximum atomic E-state index is 12.3. The van der Waals surface area contributed by atoms with Crippen LogP contribution in [0.2, 0.25) is 0 Å². The highest BCUT2D eigenvalue weighted by atomic mass is 127.